The molecular weight excluding hydrogens is 819 g/mol. The summed E-state index contributed by atoms with van der Waals surface area (Å²) in [4.78, 5) is 41.7. The van der Waals surface area contributed by atoms with Crippen molar-refractivity contribution in [2.45, 2.75) is 102 Å². The van der Waals surface area contributed by atoms with Crippen LogP contribution in [-0.4, -0.2) is 67.2 Å². The molecule has 3 aliphatic heterocycles. The largest absolute Gasteiger partial charge is 0.462 e. The summed E-state index contributed by atoms with van der Waals surface area (Å²) in [6, 6.07) is 26.5. The molecule has 0 amide bonds. The van der Waals surface area contributed by atoms with Crippen molar-refractivity contribution < 1.29 is 23.8 Å². The van der Waals surface area contributed by atoms with Gasteiger partial charge in [0.2, 0.25) is 6.79 Å². The van der Waals surface area contributed by atoms with Gasteiger partial charge in [0, 0.05) is 54.2 Å². The topological polar surface area (TPSA) is 182 Å². The van der Waals surface area contributed by atoms with E-state index < -0.39 is 17.9 Å². The van der Waals surface area contributed by atoms with E-state index in [0.717, 1.165) is 134 Å². The maximum absolute atomic E-state index is 13.9. The highest BCUT2D eigenvalue weighted by molar-refractivity contribution is 5.86. The van der Waals surface area contributed by atoms with Gasteiger partial charge in [-0.05, 0) is 136 Å². The molecule has 14 nitrogen and oxygen atoms in total. The van der Waals surface area contributed by atoms with Gasteiger partial charge in [-0.1, -0.05) is 48.5 Å². The first-order chi connectivity index (χ1) is 32.0. The second-order valence-corrected chi connectivity index (χ2v) is 17.4. The SMILES string of the molecule is O=C(CC(Cc1cc(CCCc2ccc3c(n2)NCCC3)[nH]n1)c1cccnc1)OC(=O)CC(Cc1ccccc1)C(C1=COCO1)c1cc(CCCc2ccc3c(n2)NCCC3)[nH]n1. The lowest BCUT2D eigenvalue weighted by Gasteiger charge is -2.25. The standard InChI is InChI=1S/C51H57N9O5/c61-47(27-38(37-13-6-22-52-31-37)26-44-29-42(57-59-44)16-4-14-40-20-18-35-11-7-23-53-50(35)55-40)65-48(62)28-39(25-34-9-2-1-3-10-34)49(46-32-63-33-64-46)45-30-43(58-60-45)17-5-15-41-21-19-36-12-8-24-54-51(36)56-41/h1-3,6,9-10,13,18-22,29-32,38-39,49H,4-5,7-8,11-12,14-17,23-28,33H2,(H,53,55)(H,54,56)(H,57,59)(H,58,60). The monoisotopic (exact) mass is 875 g/mol. The quantitative estimate of drug-likeness (QED) is 0.0429. The van der Waals surface area contributed by atoms with Crippen molar-refractivity contribution >= 4 is 23.6 Å². The van der Waals surface area contributed by atoms with E-state index in [9.17, 15) is 9.59 Å². The van der Waals surface area contributed by atoms with Crippen LogP contribution in [-0.2, 0) is 75.2 Å². The van der Waals surface area contributed by atoms with Crippen molar-refractivity contribution in [2.75, 3.05) is 30.5 Å². The summed E-state index contributed by atoms with van der Waals surface area (Å²) in [6.07, 6.45) is 15.5. The van der Waals surface area contributed by atoms with Crippen LogP contribution < -0.4 is 10.6 Å². The normalized spacial score (nSPS) is 15.5. The van der Waals surface area contributed by atoms with Crippen molar-refractivity contribution in [1.29, 1.82) is 0 Å². The number of anilines is 2. The zero-order chi connectivity index (χ0) is 44.2. The van der Waals surface area contributed by atoms with Crippen LogP contribution in [0.5, 0.6) is 0 Å². The lowest BCUT2D eigenvalue weighted by atomic mass is 9.81. The molecule has 1 aromatic carbocycles. The predicted octanol–water partition coefficient (Wildman–Crippen LogP) is 8.05. The van der Waals surface area contributed by atoms with Gasteiger partial charge in [-0.25, -0.2) is 9.97 Å². The number of carbonyl (C=O) groups excluding carboxylic acids is 2. The molecule has 3 atom stereocenters. The van der Waals surface area contributed by atoms with Gasteiger partial charge < -0.3 is 24.8 Å². The maximum Gasteiger partial charge on any atom is 0.314 e. The van der Waals surface area contributed by atoms with Gasteiger partial charge in [0.15, 0.2) is 0 Å². The van der Waals surface area contributed by atoms with Crippen LogP contribution in [0.1, 0.15) is 107 Å². The first-order valence-corrected chi connectivity index (χ1v) is 23.1. The van der Waals surface area contributed by atoms with E-state index in [2.05, 4.69) is 61.2 Å². The number of aryl methyl sites for hydroxylation is 6. The van der Waals surface area contributed by atoms with Gasteiger partial charge in [0.25, 0.3) is 0 Å². The number of esters is 2. The molecule has 5 aromatic heterocycles. The molecule has 3 aliphatic rings. The number of ether oxygens (including phenoxy) is 3. The summed E-state index contributed by atoms with van der Waals surface area (Å²) in [5.74, 6) is 0.268. The Labute approximate surface area is 379 Å². The van der Waals surface area contributed by atoms with Gasteiger partial charge in [0.05, 0.1) is 30.1 Å². The van der Waals surface area contributed by atoms with Crippen LogP contribution in [0.15, 0.2) is 103 Å². The smallest absolute Gasteiger partial charge is 0.314 e. The molecular formula is C51H57N9O5. The Morgan fingerprint density at radius 3 is 2.08 bits per heavy atom. The average Bonchev–Trinajstić information content (AvgIpc) is 4.14. The van der Waals surface area contributed by atoms with Crippen molar-refractivity contribution in [2.24, 2.45) is 5.92 Å². The highest BCUT2D eigenvalue weighted by Crippen LogP contribution is 2.38. The summed E-state index contributed by atoms with van der Waals surface area (Å²) in [7, 11) is 0. The molecule has 336 valence electrons. The van der Waals surface area contributed by atoms with E-state index in [1.807, 2.05) is 48.5 Å². The van der Waals surface area contributed by atoms with Crippen LogP contribution in [0.4, 0.5) is 11.6 Å². The molecule has 0 saturated heterocycles. The molecule has 4 N–H and O–H groups in total. The molecule has 0 spiro atoms. The third-order valence-electron chi connectivity index (χ3n) is 12.6. The second kappa shape index (κ2) is 21.2. The fraction of sp³-hybridized carbons (Fsp3) is 0.392. The number of aromatic nitrogens is 7. The molecule has 0 aliphatic carbocycles. The number of allylic oxidation sites excluding steroid dienone is 1. The molecule has 9 rings (SSSR count). The van der Waals surface area contributed by atoms with E-state index in [1.54, 1.807) is 18.7 Å². The van der Waals surface area contributed by atoms with Crippen LogP contribution in [0, 0.1) is 5.92 Å². The number of rotatable bonds is 20. The number of H-pyrrole nitrogens is 2. The molecule has 6 aromatic rings. The average molecular weight is 876 g/mol. The number of nitrogens with zero attached hydrogens (tertiary/aromatic N) is 5. The van der Waals surface area contributed by atoms with Gasteiger partial charge in [-0.2, -0.15) is 10.2 Å². The van der Waals surface area contributed by atoms with Crippen LogP contribution >= 0.6 is 0 Å². The zero-order valence-electron chi connectivity index (χ0n) is 36.8. The molecule has 0 saturated carbocycles. The summed E-state index contributed by atoms with van der Waals surface area (Å²) in [5.41, 5.74) is 10.2. The lowest BCUT2D eigenvalue weighted by Crippen LogP contribution is -2.25. The molecule has 65 heavy (non-hydrogen) atoms. The van der Waals surface area contributed by atoms with E-state index in [4.69, 9.17) is 29.3 Å². The number of aromatic amines is 2. The first kappa shape index (κ1) is 43.4. The van der Waals surface area contributed by atoms with Crippen molar-refractivity contribution in [3.05, 3.63) is 160 Å². The lowest BCUT2D eigenvalue weighted by molar-refractivity contribution is -0.160. The number of hydrogen-bond donors (Lipinski definition) is 4. The summed E-state index contributed by atoms with van der Waals surface area (Å²) in [6.45, 7) is 2.00. The second-order valence-electron chi connectivity index (χ2n) is 17.4. The number of carbonyl (C=O) groups is 2. The van der Waals surface area contributed by atoms with Gasteiger partial charge in [0.1, 0.15) is 23.7 Å². The maximum atomic E-state index is 13.9. The Morgan fingerprint density at radius 1 is 0.708 bits per heavy atom. The Morgan fingerprint density at radius 2 is 1.40 bits per heavy atom. The number of nitrogens with one attached hydrogen (secondary N) is 4. The highest BCUT2D eigenvalue weighted by atomic mass is 16.7. The minimum Gasteiger partial charge on any atom is -0.462 e. The summed E-state index contributed by atoms with van der Waals surface area (Å²) in [5, 5.41) is 22.7. The third kappa shape index (κ3) is 11.7. The van der Waals surface area contributed by atoms with E-state index >= 15 is 0 Å². The van der Waals surface area contributed by atoms with Crippen molar-refractivity contribution in [3.63, 3.8) is 0 Å². The van der Waals surface area contributed by atoms with Crippen molar-refractivity contribution in [1.82, 2.24) is 35.3 Å². The van der Waals surface area contributed by atoms with Crippen LogP contribution in [0.2, 0.25) is 0 Å². The molecule has 0 bridgehead atoms. The van der Waals surface area contributed by atoms with E-state index in [0.29, 0.717) is 18.6 Å². The first-order valence-electron chi connectivity index (χ1n) is 23.1. The van der Waals surface area contributed by atoms with E-state index in [1.165, 1.54) is 11.1 Å². The minimum atomic E-state index is -0.612. The molecule has 0 fully saturated rings. The Hall–Kier alpha value is -6.83. The molecule has 14 heteroatoms. The van der Waals surface area contributed by atoms with Gasteiger partial charge in [-0.15, -0.1) is 0 Å². The number of pyridine rings is 3. The highest BCUT2D eigenvalue weighted by Gasteiger charge is 2.35. The summed E-state index contributed by atoms with van der Waals surface area (Å²) < 4.78 is 17.2. The summed E-state index contributed by atoms with van der Waals surface area (Å²) >= 11 is 0. The van der Waals surface area contributed by atoms with Crippen LogP contribution in [0.25, 0.3) is 0 Å². The Kier molecular flexibility index (Phi) is 14.2. The number of benzene rings is 1. The third-order valence-corrected chi connectivity index (χ3v) is 12.6. The molecule has 8 heterocycles. The van der Waals surface area contributed by atoms with E-state index in [-0.39, 0.29) is 31.5 Å². The predicted molar refractivity (Wildman–Crippen MR) is 246 cm³/mol. The molecule has 0 radical (unpaired) electrons. The fourth-order valence-electron chi connectivity index (χ4n) is 9.31. The minimum absolute atomic E-state index is 0.0211. The van der Waals surface area contributed by atoms with Crippen LogP contribution in [0.3, 0.4) is 0 Å². The Bertz CT molecular complexity index is 2560. The van der Waals surface area contributed by atoms with Gasteiger partial charge in [-0.3, -0.25) is 24.8 Å². The number of hydrogen-bond acceptors (Lipinski definition) is 12. The van der Waals surface area contributed by atoms with Gasteiger partial charge >= 0.3 is 11.9 Å². The fourth-order valence-corrected chi connectivity index (χ4v) is 9.31. The zero-order valence-corrected chi connectivity index (χ0v) is 36.8. The molecule has 3 unspecified atom stereocenters. The van der Waals surface area contributed by atoms with Crippen molar-refractivity contribution in [3.8, 4) is 0 Å². The number of fused-ring (bicyclic) bond motifs is 2. The Balaban J connectivity index is 0.842.